The lowest BCUT2D eigenvalue weighted by atomic mass is 10.2. The summed E-state index contributed by atoms with van der Waals surface area (Å²) in [6.45, 7) is -0.441. The Morgan fingerprint density at radius 3 is 2.56 bits per heavy atom. The van der Waals surface area contributed by atoms with Gasteiger partial charge in [-0.15, -0.1) is 0 Å². The standard InChI is InChI=1S/C9H7F4NO2/c1-5(15)6-2-7(10)8(14-3-6)16-4-9(11,12)13/h2-3H,4H2,1H3. The number of rotatable bonds is 3. The van der Waals surface area contributed by atoms with E-state index in [2.05, 4.69) is 9.72 Å². The largest absolute Gasteiger partial charge is 0.466 e. The second-order valence-electron chi connectivity index (χ2n) is 2.97. The smallest absolute Gasteiger partial charge is 0.422 e. The third-order valence-electron chi connectivity index (χ3n) is 1.59. The van der Waals surface area contributed by atoms with Crippen LogP contribution in [0.15, 0.2) is 12.3 Å². The summed E-state index contributed by atoms with van der Waals surface area (Å²) in [5.74, 6) is -2.31. The molecular weight excluding hydrogens is 230 g/mol. The van der Waals surface area contributed by atoms with Crippen molar-refractivity contribution in [2.24, 2.45) is 0 Å². The molecule has 0 saturated carbocycles. The lowest BCUT2D eigenvalue weighted by Crippen LogP contribution is -2.20. The Balaban J connectivity index is 2.80. The summed E-state index contributed by atoms with van der Waals surface area (Å²) in [7, 11) is 0. The zero-order valence-corrected chi connectivity index (χ0v) is 8.14. The summed E-state index contributed by atoms with van der Waals surface area (Å²) in [5.41, 5.74) is -0.0307. The summed E-state index contributed by atoms with van der Waals surface area (Å²) in [6.07, 6.45) is -3.61. The Hall–Kier alpha value is -1.66. The highest BCUT2D eigenvalue weighted by Crippen LogP contribution is 2.19. The fourth-order valence-corrected chi connectivity index (χ4v) is 0.874. The van der Waals surface area contributed by atoms with E-state index in [1.54, 1.807) is 0 Å². The van der Waals surface area contributed by atoms with Gasteiger partial charge in [0.15, 0.2) is 18.2 Å². The summed E-state index contributed by atoms with van der Waals surface area (Å²) in [4.78, 5) is 14.1. The molecule has 0 spiro atoms. The number of hydrogen-bond acceptors (Lipinski definition) is 3. The van der Waals surface area contributed by atoms with Crippen LogP contribution in [-0.4, -0.2) is 23.6 Å². The Morgan fingerprint density at radius 2 is 2.12 bits per heavy atom. The van der Waals surface area contributed by atoms with E-state index in [0.717, 1.165) is 12.3 Å². The molecule has 0 radical (unpaired) electrons. The zero-order chi connectivity index (χ0) is 12.3. The molecule has 0 aliphatic carbocycles. The number of pyridine rings is 1. The van der Waals surface area contributed by atoms with Gasteiger partial charge >= 0.3 is 6.18 Å². The van der Waals surface area contributed by atoms with Gasteiger partial charge in [-0.1, -0.05) is 0 Å². The van der Waals surface area contributed by atoms with Gasteiger partial charge in [-0.2, -0.15) is 13.2 Å². The van der Waals surface area contributed by atoms with Crippen molar-refractivity contribution in [3.05, 3.63) is 23.6 Å². The maximum absolute atomic E-state index is 13.1. The van der Waals surface area contributed by atoms with E-state index < -0.39 is 30.3 Å². The van der Waals surface area contributed by atoms with Crippen molar-refractivity contribution in [2.75, 3.05) is 6.61 Å². The van der Waals surface area contributed by atoms with Crippen LogP contribution in [0.3, 0.4) is 0 Å². The predicted molar refractivity (Wildman–Crippen MR) is 45.7 cm³/mol. The second kappa shape index (κ2) is 4.46. The van der Waals surface area contributed by atoms with Crippen LogP contribution < -0.4 is 4.74 Å². The molecule has 88 valence electrons. The van der Waals surface area contributed by atoms with Crippen molar-refractivity contribution in [3.8, 4) is 5.88 Å². The van der Waals surface area contributed by atoms with Gasteiger partial charge in [-0.05, 0) is 13.0 Å². The van der Waals surface area contributed by atoms with Gasteiger partial charge in [0.2, 0.25) is 0 Å². The van der Waals surface area contributed by atoms with Gasteiger partial charge in [-0.25, -0.2) is 9.37 Å². The third-order valence-corrected chi connectivity index (χ3v) is 1.59. The molecule has 3 nitrogen and oxygen atoms in total. The molecule has 1 aromatic rings. The van der Waals surface area contributed by atoms with Gasteiger partial charge in [0.1, 0.15) is 0 Å². The Labute approximate surface area is 88.0 Å². The van der Waals surface area contributed by atoms with Crippen LogP contribution in [0.2, 0.25) is 0 Å². The van der Waals surface area contributed by atoms with E-state index in [9.17, 15) is 22.4 Å². The fourth-order valence-electron chi connectivity index (χ4n) is 0.874. The average molecular weight is 237 g/mol. The molecule has 0 bridgehead atoms. The van der Waals surface area contributed by atoms with Crippen LogP contribution in [0.1, 0.15) is 17.3 Å². The number of carbonyl (C=O) groups excluding carboxylic acids is 1. The van der Waals surface area contributed by atoms with Crippen molar-refractivity contribution >= 4 is 5.78 Å². The van der Waals surface area contributed by atoms with Crippen molar-refractivity contribution in [1.82, 2.24) is 4.98 Å². The van der Waals surface area contributed by atoms with Gasteiger partial charge in [0.25, 0.3) is 5.88 Å². The number of ketones is 1. The first-order valence-electron chi connectivity index (χ1n) is 4.15. The molecule has 16 heavy (non-hydrogen) atoms. The normalized spacial score (nSPS) is 11.3. The molecule has 0 aliphatic heterocycles. The molecule has 0 amide bonds. The third kappa shape index (κ3) is 3.48. The molecule has 0 atom stereocenters. The molecule has 0 unspecified atom stereocenters. The topological polar surface area (TPSA) is 39.2 Å². The van der Waals surface area contributed by atoms with E-state index in [1.807, 2.05) is 0 Å². The molecule has 0 N–H and O–H groups in total. The van der Waals surface area contributed by atoms with E-state index in [4.69, 9.17) is 0 Å². The lowest BCUT2D eigenvalue weighted by molar-refractivity contribution is -0.154. The number of nitrogens with zero attached hydrogens (tertiary/aromatic N) is 1. The Bertz CT molecular complexity index is 403. The minimum Gasteiger partial charge on any atom is -0.466 e. The SMILES string of the molecule is CC(=O)c1cnc(OCC(F)(F)F)c(F)c1. The average Bonchev–Trinajstić information content (AvgIpc) is 2.14. The highest BCUT2D eigenvalue weighted by molar-refractivity contribution is 5.93. The van der Waals surface area contributed by atoms with E-state index in [-0.39, 0.29) is 5.56 Å². The van der Waals surface area contributed by atoms with Crippen molar-refractivity contribution in [1.29, 1.82) is 0 Å². The molecule has 0 fully saturated rings. The lowest BCUT2D eigenvalue weighted by Gasteiger charge is -2.08. The van der Waals surface area contributed by atoms with Crippen LogP contribution in [0.5, 0.6) is 5.88 Å². The van der Waals surface area contributed by atoms with Gasteiger partial charge < -0.3 is 4.74 Å². The molecule has 1 heterocycles. The number of aromatic nitrogens is 1. The van der Waals surface area contributed by atoms with Gasteiger partial charge in [0, 0.05) is 11.8 Å². The molecular formula is C9H7F4NO2. The fraction of sp³-hybridized carbons (Fsp3) is 0.333. The number of halogens is 4. The highest BCUT2D eigenvalue weighted by Gasteiger charge is 2.29. The first-order valence-corrected chi connectivity index (χ1v) is 4.15. The molecule has 0 saturated heterocycles. The molecule has 1 aromatic heterocycles. The number of ether oxygens (including phenoxy) is 1. The molecule has 7 heteroatoms. The zero-order valence-electron chi connectivity index (χ0n) is 8.14. The monoisotopic (exact) mass is 237 g/mol. The summed E-state index contributed by atoms with van der Waals surface area (Å²) < 4.78 is 52.4. The molecule has 0 aliphatic rings. The van der Waals surface area contributed by atoms with Crippen LogP contribution in [-0.2, 0) is 0 Å². The highest BCUT2D eigenvalue weighted by atomic mass is 19.4. The quantitative estimate of drug-likeness (QED) is 0.598. The van der Waals surface area contributed by atoms with E-state index in [0.29, 0.717) is 0 Å². The number of hydrogen-bond donors (Lipinski definition) is 0. The Morgan fingerprint density at radius 1 is 1.50 bits per heavy atom. The van der Waals surface area contributed by atoms with Gasteiger partial charge in [-0.3, -0.25) is 4.79 Å². The Kier molecular flexibility index (Phi) is 3.46. The number of carbonyl (C=O) groups is 1. The minimum atomic E-state index is -4.56. The maximum atomic E-state index is 13.1. The molecule has 1 rings (SSSR count). The predicted octanol–water partition coefficient (Wildman–Crippen LogP) is 2.36. The first kappa shape index (κ1) is 12.4. The maximum Gasteiger partial charge on any atom is 0.422 e. The van der Waals surface area contributed by atoms with Crippen molar-refractivity contribution < 1.29 is 27.1 Å². The number of alkyl halides is 3. The first-order chi connectivity index (χ1) is 7.29. The van der Waals surface area contributed by atoms with Crippen LogP contribution in [0.25, 0.3) is 0 Å². The van der Waals surface area contributed by atoms with Crippen molar-refractivity contribution in [3.63, 3.8) is 0 Å². The summed E-state index contributed by atoms with van der Waals surface area (Å²) in [6, 6.07) is 0.779. The molecule has 0 aromatic carbocycles. The summed E-state index contributed by atoms with van der Waals surface area (Å²) in [5, 5.41) is 0. The van der Waals surface area contributed by atoms with Crippen LogP contribution >= 0.6 is 0 Å². The van der Waals surface area contributed by atoms with Crippen LogP contribution in [0, 0.1) is 5.82 Å². The number of Topliss-reactive ketones (excluding diaryl/α,β-unsaturated/α-hetero) is 1. The van der Waals surface area contributed by atoms with Crippen LogP contribution in [0.4, 0.5) is 17.6 Å². The second-order valence-corrected chi connectivity index (χ2v) is 2.97. The minimum absolute atomic E-state index is 0.0307. The summed E-state index contributed by atoms with van der Waals surface area (Å²) >= 11 is 0. The van der Waals surface area contributed by atoms with Crippen molar-refractivity contribution in [2.45, 2.75) is 13.1 Å². The van der Waals surface area contributed by atoms with Gasteiger partial charge in [0.05, 0.1) is 0 Å². The van der Waals surface area contributed by atoms with E-state index >= 15 is 0 Å². The van der Waals surface area contributed by atoms with E-state index in [1.165, 1.54) is 6.92 Å².